The van der Waals surface area contributed by atoms with E-state index in [-0.39, 0.29) is 11.3 Å². The number of nitrogens with one attached hydrogen (secondary N) is 2. The Morgan fingerprint density at radius 2 is 2.16 bits per heavy atom. The van der Waals surface area contributed by atoms with Gasteiger partial charge >= 0.3 is 0 Å². The molecule has 1 amide bonds. The third-order valence-corrected chi connectivity index (χ3v) is 4.26. The van der Waals surface area contributed by atoms with Crippen molar-refractivity contribution in [1.29, 1.82) is 0 Å². The number of pyridine rings is 1. The van der Waals surface area contributed by atoms with E-state index < -0.39 is 0 Å². The van der Waals surface area contributed by atoms with E-state index in [4.69, 9.17) is 0 Å². The van der Waals surface area contributed by atoms with Crippen molar-refractivity contribution in [3.05, 3.63) is 22.3 Å². The van der Waals surface area contributed by atoms with Crippen LogP contribution in [0.15, 0.2) is 16.7 Å². The highest BCUT2D eigenvalue weighted by Crippen LogP contribution is 2.36. The van der Waals surface area contributed by atoms with Gasteiger partial charge in [-0.15, -0.1) is 0 Å². The molecule has 1 fully saturated rings. The van der Waals surface area contributed by atoms with Gasteiger partial charge in [-0.3, -0.25) is 4.79 Å². The summed E-state index contributed by atoms with van der Waals surface area (Å²) in [6.45, 7) is 2.99. The smallest absolute Gasteiger partial charge is 0.255 e. The van der Waals surface area contributed by atoms with E-state index in [0.29, 0.717) is 11.4 Å². The first-order chi connectivity index (χ1) is 9.04. The number of rotatable bonds is 4. The van der Waals surface area contributed by atoms with Crippen LogP contribution >= 0.6 is 15.9 Å². The Bertz CT molecular complexity index is 470. The van der Waals surface area contributed by atoms with E-state index in [1.54, 1.807) is 19.3 Å². The molecule has 1 aliphatic carbocycles. The fourth-order valence-electron chi connectivity index (χ4n) is 2.61. The predicted octanol–water partition coefficient (Wildman–Crippen LogP) is 3.20. The van der Waals surface area contributed by atoms with Gasteiger partial charge < -0.3 is 10.6 Å². The Kier molecular flexibility index (Phi) is 4.45. The number of halogens is 1. The zero-order chi connectivity index (χ0) is 13.9. The lowest BCUT2D eigenvalue weighted by Crippen LogP contribution is -2.34. The van der Waals surface area contributed by atoms with Crippen LogP contribution in [0.3, 0.4) is 0 Å². The van der Waals surface area contributed by atoms with Crippen LogP contribution in [0.5, 0.6) is 0 Å². The molecule has 0 saturated heterocycles. The van der Waals surface area contributed by atoms with Crippen molar-refractivity contribution in [2.45, 2.75) is 32.6 Å². The average molecular weight is 326 g/mol. The van der Waals surface area contributed by atoms with Gasteiger partial charge in [0.1, 0.15) is 5.82 Å². The van der Waals surface area contributed by atoms with Gasteiger partial charge in [0.2, 0.25) is 0 Å². The lowest BCUT2D eigenvalue weighted by molar-refractivity contribution is 0.0934. The summed E-state index contributed by atoms with van der Waals surface area (Å²) in [7, 11) is 1.77. The molecule has 0 aromatic carbocycles. The number of anilines is 1. The van der Waals surface area contributed by atoms with Gasteiger partial charge in [0.25, 0.3) is 5.91 Å². The maximum absolute atomic E-state index is 12.3. The SMILES string of the molecule is CNc1ncc(Br)cc1C(=O)NCC1(C)CCCC1. The predicted molar refractivity (Wildman–Crippen MR) is 80.4 cm³/mol. The van der Waals surface area contributed by atoms with Crippen LogP contribution in [0.2, 0.25) is 0 Å². The Labute approximate surface area is 122 Å². The molecule has 0 unspecified atom stereocenters. The monoisotopic (exact) mass is 325 g/mol. The molecule has 5 heteroatoms. The van der Waals surface area contributed by atoms with Crippen molar-refractivity contribution >= 4 is 27.7 Å². The minimum Gasteiger partial charge on any atom is -0.372 e. The molecule has 0 spiro atoms. The second-order valence-electron chi connectivity index (χ2n) is 5.50. The molecule has 2 N–H and O–H groups in total. The number of hydrogen-bond donors (Lipinski definition) is 2. The minimum atomic E-state index is -0.0636. The molecule has 0 aliphatic heterocycles. The largest absolute Gasteiger partial charge is 0.372 e. The molecule has 4 nitrogen and oxygen atoms in total. The Balaban J connectivity index is 2.05. The average Bonchev–Trinajstić information content (AvgIpc) is 2.83. The molecule has 1 aromatic rings. The fourth-order valence-corrected chi connectivity index (χ4v) is 2.94. The van der Waals surface area contributed by atoms with Gasteiger partial charge in [-0.2, -0.15) is 0 Å². The number of hydrogen-bond acceptors (Lipinski definition) is 3. The first-order valence-corrected chi connectivity index (χ1v) is 7.45. The molecule has 1 heterocycles. The van der Waals surface area contributed by atoms with Gasteiger partial charge in [-0.1, -0.05) is 19.8 Å². The van der Waals surface area contributed by atoms with E-state index in [1.165, 1.54) is 25.7 Å². The third-order valence-electron chi connectivity index (χ3n) is 3.82. The molecule has 1 aliphatic rings. The van der Waals surface area contributed by atoms with Crippen molar-refractivity contribution < 1.29 is 4.79 Å². The highest BCUT2D eigenvalue weighted by Gasteiger charge is 2.29. The molecule has 104 valence electrons. The minimum absolute atomic E-state index is 0.0636. The van der Waals surface area contributed by atoms with Gasteiger partial charge in [0.15, 0.2) is 0 Å². The van der Waals surface area contributed by atoms with Crippen LogP contribution in [0.1, 0.15) is 43.0 Å². The molecule has 1 saturated carbocycles. The number of carbonyl (C=O) groups is 1. The second kappa shape index (κ2) is 5.90. The van der Waals surface area contributed by atoms with Crippen LogP contribution < -0.4 is 10.6 Å². The van der Waals surface area contributed by atoms with E-state index in [0.717, 1.165) is 11.0 Å². The topological polar surface area (TPSA) is 54.0 Å². The number of aromatic nitrogens is 1. The highest BCUT2D eigenvalue weighted by atomic mass is 79.9. The van der Waals surface area contributed by atoms with Gasteiger partial charge in [-0.25, -0.2) is 4.98 Å². The van der Waals surface area contributed by atoms with Gasteiger partial charge in [-0.05, 0) is 40.3 Å². The maximum atomic E-state index is 12.3. The standard InChI is InChI=1S/C14H20BrN3O/c1-14(5-3-4-6-14)9-18-13(19)11-7-10(15)8-17-12(11)16-2/h7-8H,3-6,9H2,1-2H3,(H,16,17)(H,18,19). The zero-order valence-electron chi connectivity index (χ0n) is 11.4. The summed E-state index contributed by atoms with van der Waals surface area (Å²) in [5, 5.41) is 5.99. The third kappa shape index (κ3) is 3.47. The Morgan fingerprint density at radius 1 is 1.47 bits per heavy atom. The van der Waals surface area contributed by atoms with Gasteiger partial charge in [0.05, 0.1) is 5.56 Å². The normalized spacial score (nSPS) is 17.2. The molecular weight excluding hydrogens is 306 g/mol. The molecular formula is C14H20BrN3O. The number of carbonyl (C=O) groups excluding carboxylic acids is 1. The summed E-state index contributed by atoms with van der Waals surface area (Å²) in [4.78, 5) is 16.5. The van der Waals surface area contributed by atoms with Crippen LogP contribution in [0.25, 0.3) is 0 Å². The van der Waals surface area contributed by atoms with E-state index >= 15 is 0 Å². The zero-order valence-corrected chi connectivity index (χ0v) is 13.0. The summed E-state index contributed by atoms with van der Waals surface area (Å²) >= 11 is 3.35. The van der Waals surface area contributed by atoms with Crippen molar-refractivity contribution in [1.82, 2.24) is 10.3 Å². The fraction of sp³-hybridized carbons (Fsp3) is 0.571. The lowest BCUT2D eigenvalue weighted by atomic mass is 9.89. The van der Waals surface area contributed by atoms with Crippen LogP contribution in [-0.2, 0) is 0 Å². The molecule has 0 atom stereocenters. The highest BCUT2D eigenvalue weighted by molar-refractivity contribution is 9.10. The van der Waals surface area contributed by atoms with Crippen LogP contribution in [0, 0.1) is 5.41 Å². The molecule has 0 radical (unpaired) electrons. The summed E-state index contributed by atoms with van der Waals surface area (Å²) in [5.74, 6) is 0.545. The number of nitrogens with zero attached hydrogens (tertiary/aromatic N) is 1. The first kappa shape index (κ1) is 14.3. The van der Waals surface area contributed by atoms with E-state index in [2.05, 4.69) is 38.5 Å². The summed E-state index contributed by atoms with van der Waals surface area (Å²) in [6.07, 6.45) is 6.62. The number of amides is 1. The summed E-state index contributed by atoms with van der Waals surface area (Å²) < 4.78 is 0.809. The van der Waals surface area contributed by atoms with Gasteiger partial charge in [0, 0.05) is 24.3 Å². The second-order valence-corrected chi connectivity index (χ2v) is 6.42. The van der Waals surface area contributed by atoms with Crippen molar-refractivity contribution in [3.63, 3.8) is 0 Å². The van der Waals surface area contributed by atoms with E-state index in [1.807, 2.05) is 0 Å². The Morgan fingerprint density at radius 3 is 2.79 bits per heavy atom. The molecule has 0 bridgehead atoms. The lowest BCUT2D eigenvalue weighted by Gasteiger charge is -2.23. The molecule has 19 heavy (non-hydrogen) atoms. The summed E-state index contributed by atoms with van der Waals surface area (Å²) in [5.41, 5.74) is 0.841. The molecule has 2 rings (SSSR count). The first-order valence-electron chi connectivity index (χ1n) is 6.66. The molecule has 1 aromatic heterocycles. The van der Waals surface area contributed by atoms with Crippen molar-refractivity contribution in [2.24, 2.45) is 5.41 Å². The van der Waals surface area contributed by atoms with E-state index in [9.17, 15) is 4.79 Å². The maximum Gasteiger partial charge on any atom is 0.255 e. The van der Waals surface area contributed by atoms with Crippen molar-refractivity contribution in [2.75, 3.05) is 18.9 Å². The van der Waals surface area contributed by atoms with Crippen LogP contribution in [-0.4, -0.2) is 24.5 Å². The summed E-state index contributed by atoms with van der Waals surface area (Å²) in [6, 6.07) is 1.80. The quantitative estimate of drug-likeness (QED) is 0.893. The van der Waals surface area contributed by atoms with Crippen LogP contribution in [0.4, 0.5) is 5.82 Å². The Hall–Kier alpha value is -1.10. The van der Waals surface area contributed by atoms with Crippen molar-refractivity contribution in [3.8, 4) is 0 Å².